The molecule has 2 saturated heterocycles. The number of nitrogens with two attached hydrogens (primary N) is 2. The third-order valence-electron chi connectivity index (χ3n) is 19.0. The molecule has 7 heterocycles. The first kappa shape index (κ1) is 83.1. The highest BCUT2D eigenvalue weighted by Gasteiger charge is 2.52. The van der Waals surface area contributed by atoms with Gasteiger partial charge in [0, 0.05) is 35.7 Å². The van der Waals surface area contributed by atoms with Gasteiger partial charge in [0.25, 0.3) is 16.1 Å². The number of likely N-dealkylation sites (N-methyl/N-ethyl adjacent to an activating group) is 2. The van der Waals surface area contributed by atoms with Crippen molar-refractivity contribution in [2.24, 2.45) is 16.8 Å². The van der Waals surface area contributed by atoms with Gasteiger partial charge in [0.15, 0.2) is 23.9 Å². The fraction of sp³-hybridized carbons (Fsp3) is 0.449. The van der Waals surface area contributed by atoms with E-state index in [1.807, 2.05) is 24.0 Å². The highest BCUT2D eigenvalue weighted by molar-refractivity contribution is 7.87. The number of amides is 8. The zero-order valence-electron chi connectivity index (χ0n) is 59.4. The molecule has 0 unspecified atom stereocenters. The molecule has 2 fully saturated rings. The Kier molecular flexibility index (Phi) is 26.1. The second kappa shape index (κ2) is 34.5. The number of hydroxylamine groups is 1. The summed E-state index contributed by atoms with van der Waals surface area (Å²) in [5.74, 6) is -15.8. The van der Waals surface area contributed by atoms with Gasteiger partial charge in [-0.25, -0.2) is 15.3 Å². The zero-order valence-corrected chi connectivity index (χ0v) is 61.8. The van der Waals surface area contributed by atoms with Crippen LogP contribution in [0.15, 0.2) is 78.9 Å². The van der Waals surface area contributed by atoms with Gasteiger partial charge in [0.05, 0.1) is 47.9 Å². The maximum absolute atomic E-state index is 16.2. The summed E-state index contributed by atoms with van der Waals surface area (Å²) < 4.78 is 63.9. The fourth-order valence-electron chi connectivity index (χ4n) is 13.1. The van der Waals surface area contributed by atoms with Crippen LogP contribution in [0.2, 0.25) is 10.0 Å². The quantitative estimate of drug-likeness (QED) is 0.0318. The Hall–Kier alpha value is -9.37. The molecule has 23 N–H and O–H groups in total. The van der Waals surface area contributed by atoms with Gasteiger partial charge in [-0.05, 0) is 123 Å². The summed E-state index contributed by atoms with van der Waals surface area (Å²) in [4.78, 5) is 124. The number of phenols is 3. The number of nitrogens with one attached hydrogen (secondary N) is 10. The molecule has 12 rings (SSSR count). The van der Waals surface area contributed by atoms with E-state index in [0.29, 0.717) is 0 Å². The van der Waals surface area contributed by atoms with Gasteiger partial charge in [-0.15, -0.1) is 0 Å². The number of phenolic OH excluding ortho intramolecular Hbond substituents is 3. The summed E-state index contributed by atoms with van der Waals surface area (Å²) in [6.45, 7) is 4.71. The smallest absolute Gasteiger partial charge is 0.274 e. The summed E-state index contributed by atoms with van der Waals surface area (Å²) in [6.07, 6.45) is -18.3. The van der Waals surface area contributed by atoms with Crippen LogP contribution >= 0.6 is 23.2 Å². The Balaban J connectivity index is 1.22. The number of carbonyl (C=O) groups excluding carboxylic acids is 8. The molecule has 0 saturated carbocycles. The number of hydrogen-bond donors (Lipinski definition) is 21. The second-order valence-corrected chi connectivity index (χ2v) is 29.5. The number of aromatic hydroxyl groups is 3. The third kappa shape index (κ3) is 18.6. The first-order valence-electron chi connectivity index (χ1n) is 34.2. The molecule has 5 aromatic carbocycles. The van der Waals surface area contributed by atoms with E-state index in [0.717, 1.165) is 66.7 Å². The van der Waals surface area contributed by atoms with Gasteiger partial charge >= 0.3 is 0 Å². The van der Waals surface area contributed by atoms with Gasteiger partial charge in [-0.2, -0.15) is 8.42 Å². The number of aliphatic hydroxyl groups excluding tert-OH is 6. The van der Waals surface area contributed by atoms with E-state index in [4.69, 9.17) is 67.3 Å². The van der Waals surface area contributed by atoms with Crippen LogP contribution < -0.4 is 77.8 Å². The molecule has 41 heteroatoms. The standard InChI is InChI=1S/C69H84Cl2N12O26S/c1-26(2)15-37(74-5)61(94)81-52-54(89)29-8-11-41(35(70)17-29)105-43-19-31-20-44(58(43)109-68-59(57(92)56(91)45(25-84)107-68)108-47-24-69(4,75-6)60(93)27(3)104-47)106-42-12-9-30(18-36(42)71)55(90)53-66(99)80-51(67(100)83-103-14-13-76-110(73,101)102)34-21-32(85)22-40(87)48(34)33-16-28(7-10-39(33)86)49(63(96)82-53)79-64(97)50(31)78-62(95)38(23-46(72)88)77-65(52)98/h7-12,16-22,26-27,37-38,45,47,49-57,59-60,68,74-76,84-87,89-93H,13-15,23-25H2,1-6H3,(H2,72,88)(H,77,98)(H,78,95)(H,79,97)(H,80,99)(H,81,94)(H,82,96)(H,83,100)(H2,73,101,102)/t27-,37+,38-,45+,47-,49+,50+,51+,52+,53-,54+,55+,56+,57-,59+,60+,68-,69-/m0/s1. The van der Waals surface area contributed by atoms with Crippen molar-refractivity contribution in [1.29, 1.82) is 0 Å². The van der Waals surface area contributed by atoms with Crippen molar-refractivity contribution in [3.63, 3.8) is 0 Å². The van der Waals surface area contributed by atoms with Crippen LogP contribution in [-0.2, 0) is 67.6 Å². The molecule has 0 spiro atoms. The van der Waals surface area contributed by atoms with Crippen LogP contribution in [-0.4, -0.2) is 214 Å². The van der Waals surface area contributed by atoms with Gasteiger partial charge < -0.3 is 123 Å². The minimum atomic E-state index is -4.28. The minimum Gasteiger partial charge on any atom is -0.508 e. The number of halogens is 2. The van der Waals surface area contributed by atoms with Crippen LogP contribution in [0.4, 0.5) is 0 Å². The zero-order chi connectivity index (χ0) is 80.3. The Morgan fingerprint density at radius 3 is 1.95 bits per heavy atom. The lowest BCUT2D eigenvalue weighted by Crippen LogP contribution is -2.65. The summed E-state index contributed by atoms with van der Waals surface area (Å²) in [5.41, 5.74) is 3.72. The molecule has 38 nitrogen and oxygen atoms in total. The van der Waals surface area contributed by atoms with Crippen molar-refractivity contribution in [3.8, 4) is 57.1 Å². The molecule has 0 aromatic heterocycles. The van der Waals surface area contributed by atoms with Gasteiger partial charge in [0.2, 0.25) is 53.4 Å². The number of benzene rings is 5. The van der Waals surface area contributed by atoms with E-state index in [2.05, 4.69) is 42.5 Å². The molecule has 5 aromatic rings. The Morgan fingerprint density at radius 1 is 0.727 bits per heavy atom. The van der Waals surface area contributed by atoms with E-state index in [1.54, 1.807) is 20.9 Å². The van der Waals surface area contributed by atoms with E-state index < -0.39 is 260 Å². The van der Waals surface area contributed by atoms with Crippen LogP contribution in [0, 0.1) is 5.92 Å². The summed E-state index contributed by atoms with van der Waals surface area (Å²) in [7, 11) is -1.24. The van der Waals surface area contributed by atoms with Crippen molar-refractivity contribution in [1.82, 2.24) is 52.7 Å². The fourth-order valence-corrected chi connectivity index (χ4v) is 14.0. The van der Waals surface area contributed by atoms with Crippen molar-refractivity contribution in [2.75, 3.05) is 33.9 Å². The molecule has 110 heavy (non-hydrogen) atoms. The van der Waals surface area contributed by atoms with Crippen LogP contribution in [0.1, 0.15) is 105 Å². The number of primary amides is 1. The Bertz CT molecular complexity index is 4480. The van der Waals surface area contributed by atoms with Gasteiger partial charge in [-0.3, -0.25) is 43.2 Å². The highest BCUT2D eigenvalue weighted by Crippen LogP contribution is 2.50. The van der Waals surface area contributed by atoms with Crippen molar-refractivity contribution >= 4 is 80.7 Å². The van der Waals surface area contributed by atoms with Crippen LogP contribution in [0.3, 0.4) is 0 Å². The molecule has 18 atom stereocenters. The van der Waals surface area contributed by atoms with Gasteiger partial charge in [-0.1, -0.05) is 55.2 Å². The molecule has 596 valence electrons. The number of rotatable bonds is 19. The summed E-state index contributed by atoms with van der Waals surface area (Å²) in [6, 6.07) is -0.846. The maximum Gasteiger partial charge on any atom is 0.274 e. The van der Waals surface area contributed by atoms with Crippen molar-refractivity contribution in [2.45, 2.75) is 156 Å². The lowest BCUT2D eigenvalue weighted by molar-refractivity contribution is -0.334. The normalized spacial score (nSPS) is 28.1. The lowest BCUT2D eigenvalue weighted by Gasteiger charge is -2.48. The molecule has 0 radical (unpaired) electrons. The topological polar surface area (TPSA) is 590 Å². The molecular weight excluding hydrogens is 1520 g/mol. The molecule has 0 aliphatic carbocycles. The molecule has 8 amide bonds. The largest absolute Gasteiger partial charge is 0.508 e. The first-order valence-corrected chi connectivity index (χ1v) is 36.5. The average molecular weight is 1600 g/mol. The number of aliphatic hydroxyl groups is 6. The van der Waals surface area contributed by atoms with E-state index >= 15 is 19.2 Å². The monoisotopic (exact) mass is 1600 g/mol. The van der Waals surface area contributed by atoms with Gasteiger partial charge in [0.1, 0.15) is 95.5 Å². The lowest BCUT2D eigenvalue weighted by atomic mass is 9.85. The number of ether oxygens (including phenoxy) is 6. The van der Waals surface area contributed by atoms with E-state index in [-0.39, 0.29) is 46.2 Å². The average Bonchev–Trinajstić information content (AvgIpc) is 0.767. The predicted octanol–water partition coefficient (Wildman–Crippen LogP) is -1.88. The van der Waals surface area contributed by atoms with Crippen molar-refractivity contribution in [3.05, 3.63) is 117 Å². The molecular formula is C69H84Cl2N12O26S. The Morgan fingerprint density at radius 2 is 1.35 bits per heavy atom. The van der Waals surface area contributed by atoms with E-state index in [1.165, 1.54) is 19.2 Å². The van der Waals surface area contributed by atoms with Crippen molar-refractivity contribution < 1.29 is 126 Å². The minimum absolute atomic E-state index is 0.111. The second-order valence-electron chi connectivity index (χ2n) is 27.3. The molecule has 7 aliphatic rings. The SMILES string of the molecule is CN[C@H](CC(C)C)C(=O)N[C@H]1C(=O)N[C@@H](CC(N)=O)C(=O)N[C@H]2C(=O)N[C@H]3C(=O)N[C@H](C(=O)N[C@@H](C(=O)NOCCNS(N)(=O)=O)c4cc(O)cc(O)c4-c4cc3ccc4O)[C@H](O)c3ccc(c(Cl)c3)Oc3cc2cc(c3O[C@@H]2O[C@H](CO)[C@@H](O)[C@H](O)[C@H]2O[C@H]2C[C@](C)(NC)[C@H](O)[C@H](C)O2)Oc2ccc(cc2Cl)[C@H]1O. The number of carbonyl (C=O) groups is 8. The highest BCUT2D eigenvalue weighted by atomic mass is 35.5. The third-order valence-corrected chi connectivity index (χ3v) is 20.2. The van der Waals surface area contributed by atoms with Crippen LogP contribution in [0.5, 0.6) is 46.0 Å². The first-order chi connectivity index (χ1) is 51.9. The number of fused-ring (bicyclic) bond motifs is 15. The predicted molar refractivity (Wildman–Crippen MR) is 382 cm³/mol. The van der Waals surface area contributed by atoms with Crippen LogP contribution in [0.25, 0.3) is 11.1 Å². The number of hydrogen-bond acceptors (Lipinski definition) is 28. The molecule has 7 aliphatic heterocycles. The summed E-state index contributed by atoms with van der Waals surface area (Å²) in [5, 5.41) is 130. The van der Waals surface area contributed by atoms with E-state index in [9.17, 15) is 73.6 Å². The molecule has 11 bridgehead atoms. The summed E-state index contributed by atoms with van der Waals surface area (Å²) >= 11 is 14.2. The maximum atomic E-state index is 16.2. The Labute approximate surface area is 637 Å².